The minimum Gasteiger partial charge on any atom is -0.302 e. The van der Waals surface area contributed by atoms with Crippen molar-refractivity contribution in [2.75, 3.05) is 30.1 Å². The lowest BCUT2D eigenvalue weighted by molar-refractivity contribution is 0.0420. The van der Waals surface area contributed by atoms with Gasteiger partial charge in [-0.1, -0.05) is 6.07 Å². The maximum atomic E-state index is 11.7. The molecule has 5 rings (SSSR count). The molecule has 1 N–H and O–H groups in total. The minimum absolute atomic E-state index is 0.100. The standard InChI is InChI=1S/C16H23N3O2S2/c1-2-23(20,21)17-14-4-3-13-10-19(22-16(13)9-14)15-11-18-7-5-12(15)6-8-18/h3-4,9,12,15,17H,2,5-8,10-11H2,1H3/t15-/m1/s1. The van der Waals surface area contributed by atoms with Crippen molar-refractivity contribution in [1.82, 2.24) is 9.21 Å². The molecule has 4 aliphatic heterocycles. The first-order chi connectivity index (χ1) is 11.0. The number of fused-ring (bicyclic) bond motifs is 4. The normalized spacial score (nSPS) is 30.4. The van der Waals surface area contributed by atoms with Crippen LogP contribution in [0.2, 0.25) is 0 Å². The number of sulfonamides is 1. The molecule has 23 heavy (non-hydrogen) atoms. The molecule has 1 aromatic rings. The molecule has 7 heteroatoms. The molecule has 4 heterocycles. The van der Waals surface area contributed by atoms with Gasteiger partial charge in [0, 0.05) is 29.7 Å². The molecule has 1 aromatic carbocycles. The van der Waals surface area contributed by atoms with E-state index in [2.05, 4.69) is 20.0 Å². The lowest BCUT2D eigenvalue weighted by atomic mass is 9.84. The maximum Gasteiger partial charge on any atom is 0.232 e. The van der Waals surface area contributed by atoms with Gasteiger partial charge in [0.1, 0.15) is 0 Å². The van der Waals surface area contributed by atoms with Gasteiger partial charge in [0.25, 0.3) is 0 Å². The first-order valence-electron chi connectivity index (χ1n) is 8.34. The van der Waals surface area contributed by atoms with Crippen molar-refractivity contribution in [3.63, 3.8) is 0 Å². The quantitative estimate of drug-likeness (QED) is 0.842. The fourth-order valence-corrected chi connectivity index (χ4v) is 5.75. The molecule has 0 unspecified atom stereocenters. The molecule has 0 saturated carbocycles. The summed E-state index contributed by atoms with van der Waals surface area (Å²) < 4.78 is 28.6. The van der Waals surface area contributed by atoms with Crippen molar-refractivity contribution < 1.29 is 8.42 Å². The average Bonchev–Trinajstić information content (AvgIpc) is 2.99. The van der Waals surface area contributed by atoms with E-state index in [1.54, 1.807) is 18.9 Å². The van der Waals surface area contributed by atoms with E-state index in [9.17, 15) is 8.42 Å². The predicted molar refractivity (Wildman–Crippen MR) is 93.9 cm³/mol. The Morgan fingerprint density at radius 3 is 2.74 bits per heavy atom. The van der Waals surface area contributed by atoms with Crippen molar-refractivity contribution in [2.45, 2.75) is 37.2 Å². The predicted octanol–water partition coefficient (Wildman–Crippen LogP) is 2.37. The number of nitrogens with one attached hydrogen (secondary N) is 1. The van der Waals surface area contributed by atoms with E-state index in [1.165, 1.54) is 42.9 Å². The van der Waals surface area contributed by atoms with Crippen molar-refractivity contribution in [3.8, 4) is 0 Å². The van der Waals surface area contributed by atoms with Crippen LogP contribution < -0.4 is 4.72 Å². The van der Waals surface area contributed by atoms with E-state index in [1.807, 2.05) is 12.1 Å². The zero-order valence-electron chi connectivity index (χ0n) is 13.4. The number of hydrogen-bond donors (Lipinski definition) is 1. The summed E-state index contributed by atoms with van der Waals surface area (Å²) in [6.07, 6.45) is 2.64. The summed E-state index contributed by atoms with van der Waals surface area (Å²) in [6, 6.07) is 6.56. The summed E-state index contributed by atoms with van der Waals surface area (Å²) in [7, 11) is -3.21. The number of anilines is 1. The van der Waals surface area contributed by atoms with E-state index in [4.69, 9.17) is 0 Å². The molecular formula is C16H23N3O2S2. The smallest absolute Gasteiger partial charge is 0.232 e. The molecule has 4 aliphatic rings. The Morgan fingerprint density at radius 1 is 1.30 bits per heavy atom. The van der Waals surface area contributed by atoms with Gasteiger partial charge in [-0.25, -0.2) is 12.7 Å². The van der Waals surface area contributed by atoms with Gasteiger partial charge in [-0.15, -0.1) is 0 Å². The Kier molecular flexibility index (Phi) is 4.07. The van der Waals surface area contributed by atoms with E-state index in [0.29, 0.717) is 11.7 Å². The summed E-state index contributed by atoms with van der Waals surface area (Å²) in [4.78, 5) is 3.77. The van der Waals surface area contributed by atoms with Crippen molar-refractivity contribution in [3.05, 3.63) is 23.8 Å². The highest BCUT2D eigenvalue weighted by atomic mass is 32.2. The topological polar surface area (TPSA) is 52.7 Å². The van der Waals surface area contributed by atoms with Crippen LogP contribution in [-0.2, 0) is 16.6 Å². The highest BCUT2D eigenvalue weighted by molar-refractivity contribution is 7.97. The van der Waals surface area contributed by atoms with Gasteiger partial charge in [0.05, 0.1) is 5.75 Å². The Labute approximate surface area is 142 Å². The summed E-state index contributed by atoms with van der Waals surface area (Å²) in [5.74, 6) is 0.919. The third-order valence-electron chi connectivity index (χ3n) is 5.25. The number of nitrogens with zero attached hydrogens (tertiary/aromatic N) is 2. The highest BCUT2D eigenvalue weighted by Gasteiger charge is 2.39. The molecule has 0 radical (unpaired) electrons. The lowest BCUT2D eigenvalue weighted by Gasteiger charge is -2.47. The van der Waals surface area contributed by atoms with Gasteiger partial charge in [0.15, 0.2) is 0 Å². The molecule has 1 atom stereocenters. The number of piperidine rings is 3. The van der Waals surface area contributed by atoms with Crippen LogP contribution in [-0.4, -0.2) is 49.1 Å². The van der Waals surface area contributed by atoms with Crippen LogP contribution in [0.4, 0.5) is 5.69 Å². The van der Waals surface area contributed by atoms with E-state index >= 15 is 0 Å². The van der Waals surface area contributed by atoms with Crippen LogP contribution in [0, 0.1) is 5.92 Å². The second-order valence-corrected chi connectivity index (χ2v) is 9.80. The van der Waals surface area contributed by atoms with Crippen LogP contribution in [0.1, 0.15) is 25.3 Å². The second-order valence-electron chi connectivity index (χ2n) is 6.70. The third kappa shape index (κ3) is 3.12. The summed E-state index contributed by atoms with van der Waals surface area (Å²) in [5, 5.41) is 0. The zero-order valence-corrected chi connectivity index (χ0v) is 15.0. The molecule has 5 nitrogen and oxygen atoms in total. The number of rotatable bonds is 4. The van der Waals surface area contributed by atoms with Crippen molar-refractivity contribution >= 4 is 27.7 Å². The van der Waals surface area contributed by atoms with Crippen LogP contribution in [0.5, 0.6) is 0 Å². The second kappa shape index (κ2) is 5.95. The fraction of sp³-hybridized carbons (Fsp3) is 0.625. The summed E-state index contributed by atoms with van der Waals surface area (Å²) >= 11 is 1.80. The van der Waals surface area contributed by atoms with E-state index < -0.39 is 10.0 Å². The molecule has 3 saturated heterocycles. The Balaban J connectivity index is 1.49. The first kappa shape index (κ1) is 15.7. The third-order valence-corrected chi connectivity index (χ3v) is 7.77. The van der Waals surface area contributed by atoms with Gasteiger partial charge in [-0.05, 0) is 68.4 Å². The molecule has 0 spiro atoms. The van der Waals surface area contributed by atoms with Crippen LogP contribution in [0.15, 0.2) is 23.1 Å². The zero-order chi connectivity index (χ0) is 16.0. The average molecular weight is 354 g/mol. The summed E-state index contributed by atoms with van der Waals surface area (Å²) in [5.41, 5.74) is 1.99. The largest absolute Gasteiger partial charge is 0.302 e. The van der Waals surface area contributed by atoms with Gasteiger partial charge < -0.3 is 4.90 Å². The minimum atomic E-state index is -3.21. The number of hydrogen-bond acceptors (Lipinski definition) is 5. The maximum absolute atomic E-state index is 11.7. The molecule has 2 bridgehead atoms. The first-order valence-corrected chi connectivity index (χ1v) is 10.8. The molecule has 0 aliphatic carbocycles. The molecular weight excluding hydrogens is 330 g/mol. The van der Waals surface area contributed by atoms with Crippen molar-refractivity contribution in [1.29, 1.82) is 0 Å². The molecule has 0 aromatic heterocycles. The van der Waals surface area contributed by atoms with Gasteiger partial charge in [-0.3, -0.25) is 4.72 Å². The Bertz CT molecular complexity index is 699. The van der Waals surface area contributed by atoms with Gasteiger partial charge >= 0.3 is 0 Å². The molecule has 126 valence electrons. The Hall–Kier alpha value is -0.760. The monoisotopic (exact) mass is 353 g/mol. The van der Waals surface area contributed by atoms with Crippen molar-refractivity contribution in [2.24, 2.45) is 5.92 Å². The fourth-order valence-electron chi connectivity index (χ4n) is 3.86. The van der Waals surface area contributed by atoms with E-state index in [0.717, 1.165) is 12.5 Å². The van der Waals surface area contributed by atoms with Crippen LogP contribution in [0.3, 0.4) is 0 Å². The van der Waals surface area contributed by atoms with E-state index in [-0.39, 0.29) is 5.75 Å². The van der Waals surface area contributed by atoms with Crippen LogP contribution >= 0.6 is 11.9 Å². The SMILES string of the molecule is CCS(=O)(=O)Nc1ccc2c(c1)SN([C@@H]1CN3CCC1CC3)C2. The number of benzene rings is 1. The van der Waals surface area contributed by atoms with Gasteiger partial charge in [0.2, 0.25) is 10.0 Å². The molecule has 0 amide bonds. The van der Waals surface area contributed by atoms with Crippen LogP contribution in [0.25, 0.3) is 0 Å². The Morgan fingerprint density at radius 2 is 2.09 bits per heavy atom. The lowest BCUT2D eigenvalue weighted by Crippen LogP contribution is -2.54. The molecule has 3 fully saturated rings. The highest BCUT2D eigenvalue weighted by Crippen LogP contribution is 2.43. The summed E-state index contributed by atoms with van der Waals surface area (Å²) in [6.45, 7) is 6.32. The van der Waals surface area contributed by atoms with Gasteiger partial charge in [-0.2, -0.15) is 0 Å².